The van der Waals surface area contributed by atoms with E-state index in [1.807, 2.05) is 13.8 Å². The second-order valence-electron chi connectivity index (χ2n) is 9.08. The molecule has 0 atom stereocenters. The van der Waals surface area contributed by atoms with E-state index in [0.29, 0.717) is 36.7 Å². The zero-order chi connectivity index (χ0) is 21.2. The predicted molar refractivity (Wildman–Crippen MR) is 109 cm³/mol. The summed E-state index contributed by atoms with van der Waals surface area (Å²) in [6.07, 6.45) is 3.44. The first-order valence-corrected chi connectivity index (χ1v) is 10.2. The molecule has 0 radical (unpaired) electrons. The Hall–Kier alpha value is -2.28. The molecule has 0 bridgehead atoms. The molecule has 0 aromatic heterocycles. The van der Waals surface area contributed by atoms with E-state index in [9.17, 15) is 14.7 Å². The van der Waals surface area contributed by atoms with Gasteiger partial charge in [0.25, 0.3) is 5.91 Å². The number of carbonyl (C=O) groups excluding carboxylic acids is 2. The molecule has 1 heterocycles. The average Bonchev–Trinajstić information content (AvgIpc) is 3.06. The van der Waals surface area contributed by atoms with Crippen molar-refractivity contribution < 1.29 is 24.2 Å². The zero-order valence-corrected chi connectivity index (χ0v) is 17.9. The first-order chi connectivity index (χ1) is 13.7. The van der Waals surface area contributed by atoms with Crippen molar-refractivity contribution in [3.05, 3.63) is 23.8 Å². The quantitative estimate of drug-likeness (QED) is 0.815. The SMILES string of the molecule is COc1ccc(C(=O)N2CC(=O)N(CC3(O)CCCC3)CC(C)(C)C2)cc1OC. The molecule has 2 aliphatic rings. The minimum Gasteiger partial charge on any atom is -0.493 e. The third-order valence-corrected chi connectivity index (χ3v) is 5.85. The van der Waals surface area contributed by atoms with E-state index in [1.54, 1.807) is 35.1 Å². The van der Waals surface area contributed by atoms with Crippen LogP contribution in [0, 0.1) is 5.41 Å². The van der Waals surface area contributed by atoms with E-state index >= 15 is 0 Å². The first-order valence-electron chi connectivity index (χ1n) is 10.2. The van der Waals surface area contributed by atoms with Gasteiger partial charge in [0.15, 0.2) is 11.5 Å². The van der Waals surface area contributed by atoms with Crippen LogP contribution in [0.3, 0.4) is 0 Å². The lowest BCUT2D eigenvalue weighted by molar-refractivity contribution is -0.135. The molecular weight excluding hydrogens is 372 g/mol. The third kappa shape index (κ3) is 4.83. The third-order valence-electron chi connectivity index (χ3n) is 5.85. The van der Waals surface area contributed by atoms with Gasteiger partial charge in [-0.25, -0.2) is 0 Å². The normalized spacial score (nSPS) is 21.1. The molecule has 1 saturated carbocycles. The van der Waals surface area contributed by atoms with Crippen LogP contribution in [0.25, 0.3) is 0 Å². The number of benzene rings is 1. The van der Waals surface area contributed by atoms with Gasteiger partial charge >= 0.3 is 0 Å². The number of hydrogen-bond acceptors (Lipinski definition) is 5. The predicted octanol–water partition coefficient (Wildman–Crippen LogP) is 2.32. The highest BCUT2D eigenvalue weighted by Crippen LogP contribution is 2.33. The van der Waals surface area contributed by atoms with Gasteiger partial charge in [-0.15, -0.1) is 0 Å². The Bertz CT molecular complexity index is 770. The molecule has 160 valence electrons. The smallest absolute Gasteiger partial charge is 0.254 e. The summed E-state index contributed by atoms with van der Waals surface area (Å²) in [5.74, 6) is 0.690. The van der Waals surface area contributed by atoms with Crippen molar-refractivity contribution >= 4 is 11.8 Å². The molecule has 0 spiro atoms. The van der Waals surface area contributed by atoms with Crippen LogP contribution in [0.1, 0.15) is 49.9 Å². The summed E-state index contributed by atoms with van der Waals surface area (Å²) in [5, 5.41) is 10.8. The Morgan fingerprint density at radius 1 is 1.10 bits per heavy atom. The minimum atomic E-state index is -0.797. The Kier molecular flexibility index (Phi) is 6.08. The maximum absolute atomic E-state index is 13.2. The number of hydrogen-bond donors (Lipinski definition) is 1. The van der Waals surface area contributed by atoms with Crippen molar-refractivity contribution in [3.8, 4) is 11.5 Å². The zero-order valence-electron chi connectivity index (χ0n) is 17.9. The van der Waals surface area contributed by atoms with Crippen molar-refractivity contribution in [3.63, 3.8) is 0 Å². The van der Waals surface area contributed by atoms with Gasteiger partial charge in [0, 0.05) is 25.2 Å². The van der Waals surface area contributed by atoms with Crippen LogP contribution in [0.4, 0.5) is 0 Å². The number of ether oxygens (including phenoxy) is 2. The van der Waals surface area contributed by atoms with Crippen molar-refractivity contribution in [1.29, 1.82) is 0 Å². The van der Waals surface area contributed by atoms with E-state index < -0.39 is 5.60 Å². The Balaban J connectivity index is 1.80. The van der Waals surface area contributed by atoms with Crippen LogP contribution in [0.15, 0.2) is 18.2 Å². The van der Waals surface area contributed by atoms with Crippen LogP contribution in [-0.2, 0) is 4.79 Å². The van der Waals surface area contributed by atoms with Crippen molar-refractivity contribution in [2.45, 2.75) is 45.1 Å². The second-order valence-corrected chi connectivity index (χ2v) is 9.08. The fourth-order valence-corrected chi connectivity index (χ4v) is 4.48. The summed E-state index contributed by atoms with van der Waals surface area (Å²) < 4.78 is 10.5. The summed E-state index contributed by atoms with van der Waals surface area (Å²) in [4.78, 5) is 29.5. The highest BCUT2D eigenvalue weighted by Gasteiger charge is 2.40. The molecule has 7 nitrogen and oxygen atoms in total. The van der Waals surface area contributed by atoms with Crippen LogP contribution < -0.4 is 9.47 Å². The first kappa shape index (κ1) is 21.4. The van der Waals surface area contributed by atoms with Crippen LogP contribution in [0.5, 0.6) is 11.5 Å². The van der Waals surface area contributed by atoms with Crippen LogP contribution in [-0.4, -0.2) is 72.7 Å². The number of carbonyl (C=O) groups is 2. The lowest BCUT2D eigenvalue weighted by Crippen LogP contribution is -2.47. The topological polar surface area (TPSA) is 79.3 Å². The standard InChI is InChI=1S/C22H32N2O5/c1-21(2)13-23(20(26)16-7-8-17(28-3)18(11-16)29-4)12-19(25)24(14-21)15-22(27)9-5-6-10-22/h7-8,11,27H,5-6,9-10,12-15H2,1-4H3. The highest BCUT2D eigenvalue weighted by atomic mass is 16.5. The number of methoxy groups -OCH3 is 2. The van der Waals surface area contributed by atoms with Gasteiger partial charge in [-0.05, 0) is 36.5 Å². The molecule has 1 N–H and O–H groups in total. The molecule has 1 aliphatic carbocycles. The highest BCUT2D eigenvalue weighted by molar-refractivity contribution is 5.97. The second kappa shape index (κ2) is 8.22. The molecule has 1 aromatic rings. The monoisotopic (exact) mass is 404 g/mol. The van der Waals surface area contributed by atoms with Gasteiger partial charge < -0.3 is 24.4 Å². The average molecular weight is 405 g/mol. The Morgan fingerprint density at radius 2 is 1.76 bits per heavy atom. The van der Waals surface area contributed by atoms with E-state index in [2.05, 4.69) is 0 Å². The van der Waals surface area contributed by atoms with Gasteiger partial charge in [0.2, 0.25) is 5.91 Å². The summed E-state index contributed by atoms with van der Waals surface area (Å²) in [7, 11) is 3.07. The minimum absolute atomic E-state index is 0.00663. The summed E-state index contributed by atoms with van der Waals surface area (Å²) in [6.45, 7) is 5.42. The molecule has 1 aromatic carbocycles. The van der Waals surface area contributed by atoms with Gasteiger partial charge in [-0.2, -0.15) is 0 Å². The molecule has 2 fully saturated rings. The number of β-amino-alcohol motifs (C(OH)–C–C–N with tert-alkyl or cyclic N) is 1. The van der Waals surface area contributed by atoms with Crippen molar-refractivity contribution in [2.24, 2.45) is 5.41 Å². The maximum Gasteiger partial charge on any atom is 0.254 e. The molecule has 0 unspecified atom stereocenters. The molecular formula is C22H32N2O5. The van der Waals surface area contributed by atoms with E-state index in [1.165, 1.54) is 7.11 Å². The Morgan fingerprint density at radius 3 is 2.38 bits per heavy atom. The van der Waals surface area contributed by atoms with Gasteiger partial charge in [0.1, 0.15) is 6.54 Å². The van der Waals surface area contributed by atoms with Gasteiger partial charge in [-0.1, -0.05) is 26.7 Å². The maximum atomic E-state index is 13.2. The summed E-state index contributed by atoms with van der Waals surface area (Å²) >= 11 is 0. The van der Waals surface area contributed by atoms with E-state index in [4.69, 9.17) is 9.47 Å². The van der Waals surface area contributed by atoms with Gasteiger partial charge in [0.05, 0.1) is 19.8 Å². The number of amides is 2. The summed E-state index contributed by atoms with van der Waals surface area (Å²) in [5.41, 5.74) is -0.629. The van der Waals surface area contributed by atoms with E-state index in [-0.39, 0.29) is 23.8 Å². The molecule has 3 rings (SSSR count). The number of nitrogens with zero attached hydrogens (tertiary/aromatic N) is 2. The molecule has 2 amide bonds. The van der Waals surface area contributed by atoms with Crippen molar-refractivity contribution in [1.82, 2.24) is 9.80 Å². The fourth-order valence-electron chi connectivity index (χ4n) is 4.48. The largest absolute Gasteiger partial charge is 0.493 e. The molecule has 1 saturated heterocycles. The molecule has 29 heavy (non-hydrogen) atoms. The fraction of sp³-hybridized carbons (Fsp3) is 0.636. The Labute approximate surface area is 172 Å². The lowest BCUT2D eigenvalue weighted by atomic mass is 9.91. The van der Waals surface area contributed by atoms with Crippen LogP contribution >= 0.6 is 0 Å². The molecule has 7 heteroatoms. The lowest BCUT2D eigenvalue weighted by Gasteiger charge is -2.34. The number of aliphatic hydroxyl groups is 1. The van der Waals surface area contributed by atoms with Gasteiger partial charge in [-0.3, -0.25) is 9.59 Å². The van der Waals surface area contributed by atoms with E-state index in [0.717, 1.165) is 25.7 Å². The number of rotatable bonds is 5. The summed E-state index contributed by atoms with van der Waals surface area (Å²) in [6, 6.07) is 5.02. The van der Waals surface area contributed by atoms with Crippen molar-refractivity contribution in [2.75, 3.05) is 40.4 Å². The molecule has 1 aliphatic heterocycles. The van der Waals surface area contributed by atoms with Crippen LogP contribution in [0.2, 0.25) is 0 Å².